The lowest BCUT2D eigenvalue weighted by Gasteiger charge is -2.07. The Labute approximate surface area is 117 Å². The van der Waals surface area contributed by atoms with Crippen molar-refractivity contribution in [1.29, 1.82) is 0 Å². The maximum absolute atomic E-state index is 4.18. The molecular formula is C17H17Br. The highest BCUT2D eigenvalue weighted by atomic mass is 79.9. The molecule has 0 fully saturated rings. The van der Waals surface area contributed by atoms with Gasteiger partial charge in [-0.3, -0.25) is 0 Å². The quantitative estimate of drug-likeness (QED) is 0.676. The van der Waals surface area contributed by atoms with E-state index in [1.165, 1.54) is 23.1 Å². The highest BCUT2D eigenvalue weighted by Gasteiger charge is 2.01. The Morgan fingerprint density at radius 2 is 1.50 bits per heavy atom. The molecule has 0 radical (unpaired) electrons. The second-order valence-electron chi connectivity index (χ2n) is 4.33. The molecule has 0 aliphatic carbocycles. The van der Waals surface area contributed by atoms with Crippen molar-refractivity contribution in [1.82, 2.24) is 0 Å². The molecule has 0 aromatic heterocycles. The summed E-state index contributed by atoms with van der Waals surface area (Å²) >= 11 is 3.46. The van der Waals surface area contributed by atoms with Gasteiger partial charge >= 0.3 is 0 Å². The van der Waals surface area contributed by atoms with Gasteiger partial charge in [0.25, 0.3) is 0 Å². The summed E-state index contributed by atoms with van der Waals surface area (Å²) in [7, 11) is 0. The van der Waals surface area contributed by atoms with Gasteiger partial charge in [0.15, 0.2) is 0 Å². The number of alkyl halides is 1. The van der Waals surface area contributed by atoms with Crippen molar-refractivity contribution in [3.63, 3.8) is 0 Å². The third-order valence-corrected chi connectivity index (χ3v) is 3.58. The number of hydrogen-bond donors (Lipinski definition) is 0. The van der Waals surface area contributed by atoms with E-state index in [4.69, 9.17) is 0 Å². The molecule has 1 heteroatoms. The van der Waals surface area contributed by atoms with E-state index in [1.807, 2.05) is 18.2 Å². The highest BCUT2D eigenvalue weighted by molar-refractivity contribution is 9.09. The number of hydrogen-bond acceptors (Lipinski definition) is 0. The molecule has 2 aromatic rings. The lowest BCUT2D eigenvalue weighted by atomic mass is 9.98. The van der Waals surface area contributed by atoms with Crippen molar-refractivity contribution in [2.24, 2.45) is 0 Å². The van der Waals surface area contributed by atoms with E-state index in [0.717, 1.165) is 17.3 Å². The summed E-state index contributed by atoms with van der Waals surface area (Å²) in [5.41, 5.74) is 4.86. The molecule has 0 unspecified atom stereocenters. The summed E-state index contributed by atoms with van der Waals surface area (Å²) in [5.74, 6) is 0. The Morgan fingerprint density at radius 3 is 2.11 bits per heavy atom. The molecule has 0 N–H and O–H groups in total. The Kier molecular flexibility index (Phi) is 4.77. The predicted octanol–water partition coefficient (Wildman–Crippen LogP) is 5.08. The summed E-state index contributed by atoms with van der Waals surface area (Å²) in [5, 5.41) is 1.06. The van der Waals surface area contributed by atoms with Crippen LogP contribution >= 0.6 is 15.9 Å². The maximum Gasteiger partial charge on any atom is 0.00344 e. The zero-order valence-electron chi connectivity index (χ0n) is 10.4. The first-order chi connectivity index (χ1) is 8.81. The second-order valence-corrected chi connectivity index (χ2v) is 5.13. The van der Waals surface area contributed by atoms with Crippen LogP contribution in [0.5, 0.6) is 0 Å². The molecule has 0 aliphatic heterocycles. The van der Waals surface area contributed by atoms with Crippen molar-refractivity contribution < 1.29 is 0 Å². The van der Waals surface area contributed by atoms with Gasteiger partial charge in [0, 0.05) is 5.33 Å². The minimum Gasteiger partial charge on any atom is -0.0928 e. The molecule has 0 amide bonds. The summed E-state index contributed by atoms with van der Waals surface area (Å²) in [6, 6.07) is 19.0. The highest BCUT2D eigenvalue weighted by Crippen LogP contribution is 2.21. The van der Waals surface area contributed by atoms with Crippen molar-refractivity contribution in [2.75, 3.05) is 5.33 Å². The average molecular weight is 301 g/mol. The molecule has 0 heterocycles. The van der Waals surface area contributed by atoms with Gasteiger partial charge in [0.1, 0.15) is 0 Å². The molecule has 0 spiro atoms. The zero-order chi connectivity index (χ0) is 12.8. The number of benzene rings is 2. The smallest absolute Gasteiger partial charge is 0.00344 e. The van der Waals surface area contributed by atoms with Crippen LogP contribution in [0.1, 0.15) is 23.1 Å². The molecule has 0 saturated carbocycles. The van der Waals surface area contributed by atoms with Crippen molar-refractivity contribution >= 4 is 21.5 Å². The van der Waals surface area contributed by atoms with Crippen molar-refractivity contribution in [2.45, 2.75) is 12.8 Å². The van der Waals surface area contributed by atoms with Gasteiger partial charge in [-0.2, -0.15) is 0 Å². The fourth-order valence-corrected chi connectivity index (χ4v) is 2.23. The van der Waals surface area contributed by atoms with Crippen LogP contribution < -0.4 is 0 Å². The normalized spacial score (nSPS) is 10.3. The minimum absolute atomic E-state index is 1.06. The van der Waals surface area contributed by atoms with Gasteiger partial charge < -0.3 is 0 Å². The van der Waals surface area contributed by atoms with Gasteiger partial charge in [-0.1, -0.05) is 77.1 Å². The zero-order valence-corrected chi connectivity index (χ0v) is 12.0. The van der Waals surface area contributed by atoms with Crippen LogP contribution in [-0.2, 0) is 6.42 Å². The maximum atomic E-state index is 4.18. The summed E-state index contributed by atoms with van der Waals surface area (Å²) in [6.45, 7) is 4.18. The third-order valence-electron chi connectivity index (χ3n) is 3.02. The topological polar surface area (TPSA) is 0 Å². The van der Waals surface area contributed by atoms with Crippen molar-refractivity contribution in [3.05, 3.63) is 77.9 Å². The van der Waals surface area contributed by atoms with E-state index < -0.39 is 0 Å². The molecule has 0 nitrogen and oxygen atoms in total. The SMILES string of the molecule is C=C(c1ccccc1)c1ccc(CCCBr)cc1. The molecule has 2 rings (SSSR count). The summed E-state index contributed by atoms with van der Waals surface area (Å²) in [4.78, 5) is 0. The Bertz CT molecular complexity index is 497. The lowest BCUT2D eigenvalue weighted by molar-refractivity contribution is 0.939. The van der Waals surface area contributed by atoms with E-state index in [9.17, 15) is 0 Å². The first-order valence-corrected chi connectivity index (χ1v) is 7.33. The first-order valence-electron chi connectivity index (χ1n) is 6.21. The molecule has 18 heavy (non-hydrogen) atoms. The lowest BCUT2D eigenvalue weighted by Crippen LogP contribution is -1.89. The molecular weight excluding hydrogens is 284 g/mol. The molecule has 0 saturated heterocycles. The average Bonchev–Trinajstić information content (AvgIpc) is 2.46. The van der Waals surface area contributed by atoms with Gasteiger partial charge in [0.2, 0.25) is 0 Å². The monoisotopic (exact) mass is 300 g/mol. The second kappa shape index (κ2) is 6.55. The molecule has 92 valence electrons. The summed E-state index contributed by atoms with van der Waals surface area (Å²) in [6.07, 6.45) is 2.31. The van der Waals surface area contributed by atoms with Crippen LogP contribution in [0.4, 0.5) is 0 Å². The van der Waals surface area contributed by atoms with Crippen LogP contribution in [0, 0.1) is 0 Å². The van der Waals surface area contributed by atoms with Crippen LogP contribution in [-0.4, -0.2) is 5.33 Å². The number of rotatable bonds is 5. The first kappa shape index (κ1) is 13.1. The van der Waals surface area contributed by atoms with Crippen molar-refractivity contribution in [3.8, 4) is 0 Å². The number of halogens is 1. The van der Waals surface area contributed by atoms with Crippen LogP contribution in [0.3, 0.4) is 0 Å². The van der Waals surface area contributed by atoms with E-state index in [-0.39, 0.29) is 0 Å². The molecule has 0 bridgehead atoms. The van der Waals surface area contributed by atoms with E-state index in [1.54, 1.807) is 0 Å². The van der Waals surface area contributed by atoms with Gasteiger partial charge in [-0.25, -0.2) is 0 Å². The fraction of sp³-hybridized carbons (Fsp3) is 0.176. The fourth-order valence-electron chi connectivity index (χ4n) is 1.95. The molecule has 0 aliphatic rings. The van der Waals surface area contributed by atoms with Gasteiger partial charge in [0.05, 0.1) is 0 Å². The largest absolute Gasteiger partial charge is 0.0928 e. The Morgan fingerprint density at radius 1 is 0.889 bits per heavy atom. The van der Waals surface area contributed by atoms with Gasteiger partial charge in [-0.05, 0) is 35.1 Å². The number of aryl methyl sites for hydroxylation is 1. The molecule has 0 atom stereocenters. The molecule has 2 aromatic carbocycles. The van der Waals surface area contributed by atoms with E-state index >= 15 is 0 Å². The van der Waals surface area contributed by atoms with Crippen LogP contribution in [0.2, 0.25) is 0 Å². The Balaban J connectivity index is 2.12. The van der Waals surface area contributed by atoms with Gasteiger partial charge in [-0.15, -0.1) is 0 Å². The standard InChI is InChI=1S/C17H17Br/c1-14(16-7-3-2-4-8-16)17-11-9-15(10-12-17)6-5-13-18/h2-4,7-12H,1,5-6,13H2. The van der Waals surface area contributed by atoms with E-state index in [0.29, 0.717) is 0 Å². The predicted molar refractivity (Wildman–Crippen MR) is 83.1 cm³/mol. The van der Waals surface area contributed by atoms with Crippen LogP contribution in [0.25, 0.3) is 5.57 Å². The summed E-state index contributed by atoms with van der Waals surface area (Å²) < 4.78 is 0. The minimum atomic E-state index is 1.06. The van der Waals surface area contributed by atoms with E-state index in [2.05, 4.69) is 58.9 Å². The third kappa shape index (κ3) is 3.33. The Hall–Kier alpha value is -1.34. The van der Waals surface area contributed by atoms with Crippen LogP contribution in [0.15, 0.2) is 61.2 Å².